The lowest BCUT2D eigenvalue weighted by molar-refractivity contribution is 0.0972. The Labute approximate surface area is 101 Å². The highest BCUT2D eigenvalue weighted by Crippen LogP contribution is 2.25. The van der Waals surface area contributed by atoms with Crippen molar-refractivity contribution >= 4 is 29.0 Å². The van der Waals surface area contributed by atoms with Gasteiger partial charge < -0.3 is 4.52 Å². The minimum Gasteiger partial charge on any atom is -0.330 e. The minimum atomic E-state index is -0.285. The molecule has 6 heteroatoms. The van der Waals surface area contributed by atoms with E-state index < -0.39 is 0 Å². The van der Waals surface area contributed by atoms with Crippen LogP contribution in [0.2, 0.25) is 10.0 Å². The molecule has 16 heavy (non-hydrogen) atoms. The van der Waals surface area contributed by atoms with E-state index in [2.05, 4.69) is 10.1 Å². The number of carbonyl (C=O) groups excluding carboxylic acids is 1. The maximum absolute atomic E-state index is 11.0. The van der Waals surface area contributed by atoms with Crippen LogP contribution in [0.25, 0.3) is 11.4 Å². The van der Waals surface area contributed by atoms with Crippen LogP contribution in [0.4, 0.5) is 0 Å². The van der Waals surface area contributed by atoms with Gasteiger partial charge in [-0.1, -0.05) is 28.4 Å². The van der Waals surface area contributed by atoms with Gasteiger partial charge in [0.15, 0.2) is 0 Å². The lowest BCUT2D eigenvalue weighted by atomic mass is 10.2. The van der Waals surface area contributed by atoms with Gasteiger partial charge in [-0.25, -0.2) is 0 Å². The second-order valence-electron chi connectivity index (χ2n) is 3.14. The van der Waals surface area contributed by atoms with Crippen molar-refractivity contribution < 1.29 is 9.32 Å². The molecule has 2 rings (SSSR count). The van der Waals surface area contributed by atoms with Crippen LogP contribution in [0.5, 0.6) is 0 Å². The molecule has 0 atom stereocenters. The summed E-state index contributed by atoms with van der Waals surface area (Å²) in [4.78, 5) is 14.9. The zero-order valence-electron chi connectivity index (χ0n) is 8.20. The first-order valence-corrected chi connectivity index (χ1v) is 5.13. The monoisotopic (exact) mass is 256 g/mol. The normalized spacial score (nSPS) is 10.4. The Kier molecular flexibility index (Phi) is 2.94. The second-order valence-corrected chi connectivity index (χ2v) is 4.01. The van der Waals surface area contributed by atoms with E-state index in [-0.39, 0.29) is 17.5 Å². The van der Waals surface area contributed by atoms with Crippen LogP contribution in [0, 0.1) is 0 Å². The fraction of sp³-hybridized carbons (Fsp3) is 0.100. The Morgan fingerprint density at radius 3 is 2.38 bits per heavy atom. The number of hydrogen-bond acceptors (Lipinski definition) is 4. The quantitative estimate of drug-likeness (QED) is 0.775. The molecule has 4 nitrogen and oxygen atoms in total. The highest BCUT2D eigenvalue weighted by molar-refractivity contribution is 6.35. The van der Waals surface area contributed by atoms with Crippen LogP contribution >= 0.6 is 23.2 Å². The first-order valence-electron chi connectivity index (χ1n) is 4.37. The lowest BCUT2D eigenvalue weighted by Crippen LogP contribution is -1.91. The Balaban J connectivity index is 2.46. The van der Waals surface area contributed by atoms with Gasteiger partial charge in [-0.2, -0.15) is 4.98 Å². The van der Waals surface area contributed by atoms with Gasteiger partial charge in [-0.05, 0) is 18.2 Å². The van der Waals surface area contributed by atoms with Gasteiger partial charge in [0.2, 0.25) is 11.6 Å². The maximum atomic E-state index is 11.0. The summed E-state index contributed by atoms with van der Waals surface area (Å²) in [5.41, 5.74) is 0.605. The fourth-order valence-corrected chi connectivity index (χ4v) is 1.69. The Morgan fingerprint density at radius 1 is 1.25 bits per heavy atom. The van der Waals surface area contributed by atoms with E-state index >= 15 is 0 Å². The molecule has 0 aliphatic rings. The molecule has 1 aromatic heterocycles. The summed E-state index contributed by atoms with van der Waals surface area (Å²) < 4.78 is 4.76. The van der Waals surface area contributed by atoms with E-state index in [0.717, 1.165) is 0 Å². The van der Waals surface area contributed by atoms with Gasteiger partial charge in [0.05, 0.1) is 0 Å². The van der Waals surface area contributed by atoms with Crippen LogP contribution in [0.3, 0.4) is 0 Å². The van der Waals surface area contributed by atoms with Gasteiger partial charge in [0, 0.05) is 22.5 Å². The van der Waals surface area contributed by atoms with Gasteiger partial charge >= 0.3 is 0 Å². The van der Waals surface area contributed by atoms with Crippen molar-refractivity contribution in [2.24, 2.45) is 0 Å². The Hall–Kier alpha value is -1.39. The number of nitrogens with zero attached hydrogens (tertiary/aromatic N) is 2. The van der Waals surface area contributed by atoms with Crippen molar-refractivity contribution in [1.29, 1.82) is 0 Å². The number of ketones is 1. The number of rotatable bonds is 2. The van der Waals surface area contributed by atoms with Crippen molar-refractivity contribution in [3.05, 3.63) is 34.1 Å². The summed E-state index contributed by atoms with van der Waals surface area (Å²) in [5, 5.41) is 4.60. The molecule has 0 fully saturated rings. The molecule has 82 valence electrons. The largest absolute Gasteiger partial charge is 0.330 e. The summed E-state index contributed by atoms with van der Waals surface area (Å²) in [5.74, 6) is -0.0347. The molecule has 1 aromatic carbocycles. The smallest absolute Gasteiger partial charge is 0.294 e. The molecule has 0 radical (unpaired) electrons. The zero-order chi connectivity index (χ0) is 11.7. The average molecular weight is 257 g/mol. The van der Waals surface area contributed by atoms with E-state index in [4.69, 9.17) is 27.7 Å². The molecule has 0 spiro atoms. The summed E-state index contributed by atoms with van der Waals surface area (Å²) in [6, 6.07) is 4.88. The van der Waals surface area contributed by atoms with Crippen molar-refractivity contribution in [1.82, 2.24) is 10.1 Å². The SMILES string of the molecule is CC(=O)c1nc(-c2cc(Cl)cc(Cl)c2)no1. The van der Waals surface area contributed by atoms with Crippen LogP contribution in [0.15, 0.2) is 22.7 Å². The minimum absolute atomic E-state index is 0.0360. The molecule has 0 N–H and O–H groups in total. The molecule has 0 aliphatic heterocycles. The van der Waals surface area contributed by atoms with Gasteiger partial charge in [0.25, 0.3) is 5.89 Å². The molecule has 2 aromatic rings. The number of halogens is 2. The number of benzene rings is 1. The predicted molar refractivity (Wildman–Crippen MR) is 59.8 cm³/mol. The standard InChI is InChI=1S/C10H6Cl2N2O2/c1-5(15)10-13-9(14-16-10)6-2-7(11)4-8(12)3-6/h2-4H,1H3. The highest BCUT2D eigenvalue weighted by Gasteiger charge is 2.12. The molecule has 0 saturated heterocycles. The average Bonchev–Trinajstić information content (AvgIpc) is 2.64. The number of carbonyl (C=O) groups is 1. The number of aromatic nitrogens is 2. The van der Waals surface area contributed by atoms with Gasteiger partial charge in [-0.3, -0.25) is 4.79 Å². The zero-order valence-corrected chi connectivity index (χ0v) is 9.71. The van der Waals surface area contributed by atoms with Crippen LogP contribution in [0.1, 0.15) is 17.6 Å². The third kappa shape index (κ3) is 2.23. The first-order chi connectivity index (χ1) is 7.56. The highest BCUT2D eigenvalue weighted by atomic mass is 35.5. The predicted octanol–water partition coefficient (Wildman–Crippen LogP) is 3.25. The maximum Gasteiger partial charge on any atom is 0.294 e. The molecular formula is C10H6Cl2N2O2. The number of Topliss-reactive ketones (excluding diaryl/α,β-unsaturated/α-hetero) is 1. The third-order valence-electron chi connectivity index (χ3n) is 1.85. The summed E-state index contributed by atoms with van der Waals surface area (Å²) in [7, 11) is 0. The van der Waals surface area contributed by atoms with Crippen molar-refractivity contribution in [2.45, 2.75) is 6.92 Å². The molecule has 1 heterocycles. The molecule has 0 amide bonds. The lowest BCUT2D eigenvalue weighted by Gasteiger charge is -1.96. The van der Waals surface area contributed by atoms with Crippen LogP contribution in [-0.4, -0.2) is 15.9 Å². The second kappa shape index (κ2) is 4.23. The van der Waals surface area contributed by atoms with Crippen molar-refractivity contribution in [3.63, 3.8) is 0 Å². The Morgan fingerprint density at radius 2 is 1.88 bits per heavy atom. The Bertz CT molecular complexity index is 531. The summed E-state index contributed by atoms with van der Waals surface area (Å²) in [6.07, 6.45) is 0. The van der Waals surface area contributed by atoms with E-state index in [1.807, 2.05) is 0 Å². The number of hydrogen-bond donors (Lipinski definition) is 0. The van der Waals surface area contributed by atoms with Crippen molar-refractivity contribution in [2.75, 3.05) is 0 Å². The van der Waals surface area contributed by atoms with E-state index in [1.165, 1.54) is 6.92 Å². The molecular weight excluding hydrogens is 251 g/mol. The topological polar surface area (TPSA) is 56.0 Å². The fourth-order valence-electron chi connectivity index (χ4n) is 1.17. The van der Waals surface area contributed by atoms with E-state index in [0.29, 0.717) is 15.6 Å². The molecule has 0 saturated carbocycles. The third-order valence-corrected chi connectivity index (χ3v) is 2.28. The van der Waals surface area contributed by atoms with Crippen molar-refractivity contribution in [3.8, 4) is 11.4 Å². The van der Waals surface area contributed by atoms with E-state index in [9.17, 15) is 4.79 Å². The van der Waals surface area contributed by atoms with E-state index in [1.54, 1.807) is 18.2 Å². The van der Waals surface area contributed by atoms with Gasteiger partial charge in [-0.15, -0.1) is 0 Å². The van der Waals surface area contributed by atoms with Crippen LogP contribution in [-0.2, 0) is 0 Å². The molecule has 0 bridgehead atoms. The molecule has 0 unspecified atom stereocenters. The molecule has 0 aliphatic carbocycles. The van der Waals surface area contributed by atoms with Gasteiger partial charge in [0.1, 0.15) is 0 Å². The first kappa shape index (κ1) is 11.1. The summed E-state index contributed by atoms with van der Waals surface area (Å²) >= 11 is 11.7. The van der Waals surface area contributed by atoms with Crippen LogP contribution < -0.4 is 0 Å². The summed E-state index contributed by atoms with van der Waals surface area (Å²) in [6.45, 7) is 1.35.